The molecule has 0 aromatic heterocycles. The number of rotatable bonds is 7. The maximum atomic E-state index is 11.3. The van der Waals surface area contributed by atoms with Gasteiger partial charge in [-0.25, -0.2) is 8.42 Å². The van der Waals surface area contributed by atoms with Gasteiger partial charge in [-0.3, -0.25) is 0 Å². The van der Waals surface area contributed by atoms with E-state index in [2.05, 4.69) is 24.5 Å². The second kappa shape index (κ2) is 6.87. The standard InChI is InChI=1S/C13H22N2O2S/c1-11(2)15-9-8-14-10-12-4-6-13(7-5-12)18(3,16)17/h4-7,11,14-15H,8-10H2,1-3H3. The SMILES string of the molecule is CC(C)NCCNCc1ccc(S(C)(=O)=O)cc1. The van der Waals surface area contributed by atoms with Crippen molar-refractivity contribution in [2.24, 2.45) is 0 Å². The van der Waals surface area contributed by atoms with Crippen LogP contribution in [0.4, 0.5) is 0 Å². The Morgan fingerprint density at radius 1 is 1.11 bits per heavy atom. The van der Waals surface area contributed by atoms with Crippen molar-refractivity contribution in [3.8, 4) is 0 Å². The fourth-order valence-electron chi connectivity index (χ4n) is 1.54. The first-order chi connectivity index (χ1) is 8.39. The summed E-state index contributed by atoms with van der Waals surface area (Å²) in [4.78, 5) is 0.368. The first-order valence-corrected chi connectivity index (χ1v) is 8.02. The van der Waals surface area contributed by atoms with Crippen LogP contribution in [0.5, 0.6) is 0 Å². The summed E-state index contributed by atoms with van der Waals surface area (Å²) in [6, 6.07) is 7.50. The van der Waals surface area contributed by atoms with Crippen molar-refractivity contribution in [3.63, 3.8) is 0 Å². The molecule has 1 aromatic rings. The quantitative estimate of drug-likeness (QED) is 0.731. The minimum Gasteiger partial charge on any atom is -0.313 e. The third-order valence-corrected chi connectivity index (χ3v) is 3.66. The molecule has 0 bridgehead atoms. The van der Waals surface area contributed by atoms with Crippen molar-refractivity contribution >= 4 is 9.84 Å². The van der Waals surface area contributed by atoms with Gasteiger partial charge in [0, 0.05) is 31.9 Å². The molecule has 1 aromatic carbocycles. The highest BCUT2D eigenvalue weighted by Crippen LogP contribution is 2.09. The van der Waals surface area contributed by atoms with E-state index in [1.165, 1.54) is 6.26 Å². The summed E-state index contributed by atoms with van der Waals surface area (Å²) >= 11 is 0. The molecule has 4 nitrogen and oxygen atoms in total. The maximum Gasteiger partial charge on any atom is 0.175 e. The zero-order valence-electron chi connectivity index (χ0n) is 11.2. The van der Waals surface area contributed by atoms with Crippen LogP contribution in [0.15, 0.2) is 29.2 Å². The molecule has 0 saturated heterocycles. The average molecular weight is 270 g/mol. The lowest BCUT2D eigenvalue weighted by Gasteiger charge is -2.09. The Morgan fingerprint density at radius 2 is 1.72 bits per heavy atom. The molecule has 0 aliphatic carbocycles. The van der Waals surface area contributed by atoms with E-state index in [0.29, 0.717) is 10.9 Å². The van der Waals surface area contributed by atoms with Gasteiger partial charge in [-0.15, -0.1) is 0 Å². The number of benzene rings is 1. The Hall–Kier alpha value is -0.910. The van der Waals surface area contributed by atoms with Gasteiger partial charge in [0.25, 0.3) is 0 Å². The molecule has 0 fully saturated rings. The second-order valence-corrected chi connectivity index (χ2v) is 6.72. The molecule has 0 atom stereocenters. The van der Waals surface area contributed by atoms with Crippen LogP contribution >= 0.6 is 0 Å². The minimum absolute atomic E-state index is 0.368. The van der Waals surface area contributed by atoms with Crippen LogP contribution in [0.2, 0.25) is 0 Å². The lowest BCUT2D eigenvalue weighted by atomic mass is 10.2. The predicted octanol–water partition coefficient (Wildman–Crippen LogP) is 1.18. The average Bonchev–Trinajstić information content (AvgIpc) is 2.27. The van der Waals surface area contributed by atoms with Crippen molar-refractivity contribution in [2.75, 3.05) is 19.3 Å². The van der Waals surface area contributed by atoms with Gasteiger partial charge in [0.15, 0.2) is 9.84 Å². The summed E-state index contributed by atoms with van der Waals surface area (Å²) in [6.45, 7) is 6.81. The molecule has 0 aliphatic rings. The molecule has 0 heterocycles. The molecule has 1 rings (SSSR count). The highest BCUT2D eigenvalue weighted by atomic mass is 32.2. The lowest BCUT2D eigenvalue weighted by Crippen LogP contribution is -2.31. The molecule has 5 heteroatoms. The molecule has 0 aliphatic heterocycles. The summed E-state index contributed by atoms with van der Waals surface area (Å²) in [7, 11) is -3.09. The Kier molecular flexibility index (Phi) is 5.78. The maximum absolute atomic E-state index is 11.3. The van der Waals surface area contributed by atoms with E-state index in [4.69, 9.17) is 0 Å². The van der Waals surface area contributed by atoms with Crippen LogP contribution in [-0.2, 0) is 16.4 Å². The van der Waals surface area contributed by atoms with Gasteiger partial charge >= 0.3 is 0 Å². The van der Waals surface area contributed by atoms with E-state index in [-0.39, 0.29) is 0 Å². The van der Waals surface area contributed by atoms with E-state index >= 15 is 0 Å². The zero-order valence-corrected chi connectivity index (χ0v) is 12.0. The molecule has 0 amide bonds. The van der Waals surface area contributed by atoms with Gasteiger partial charge in [0.1, 0.15) is 0 Å². The van der Waals surface area contributed by atoms with Gasteiger partial charge in [-0.1, -0.05) is 26.0 Å². The Bertz CT molecular complexity index is 452. The van der Waals surface area contributed by atoms with E-state index < -0.39 is 9.84 Å². The summed E-state index contributed by atoms with van der Waals surface area (Å²) < 4.78 is 22.6. The van der Waals surface area contributed by atoms with Gasteiger partial charge < -0.3 is 10.6 Å². The summed E-state index contributed by atoms with van der Waals surface area (Å²) in [5.41, 5.74) is 1.09. The van der Waals surface area contributed by atoms with Gasteiger partial charge in [-0.2, -0.15) is 0 Å². The third kappa shape index (κ3) is 5.62. The van der Waals surface area contributed by atoms with Gasteiger partial charge in [0.2, 0.25) is 0 Å². The second-order valence-electron chi connectivity index (χ2n) is 4.70. The Labute approximate surface area is 110 Å². The molecule has 102 valence electrons. The highest BCUT2D eigenvalue weighted by molar-refractivity contribution is 7.90. The van der Waals surface area contributed by atoms with Crippen molar-refractivity contribution in [1.82, 2.24) is 10.6 Å². The zero-order chi connectivity index (χ0) is 13.6. The number of hydrogen-bond donors (Lipinski definition) is 2. The number of hydrogen-bond acceptors (Lipinski definition) is 4. The number of sulfone groups is 1. The van der Waals surface area contributed by atoms with Crippen LogP contribution in [-0.4, -0.2) is 33.8 Å². The highest BCUT2D eigenvalue weighted by Gasteiger charge is 2.05. The van der Waals surface area contributed by atoms with Gasteiger partial charge in [-0.05, 0) is 17.7 Å². The van der Waals surface area contributed by atoms with Crippen molar-refractivity contribution in [2.45, 2.75) is 31.3 Å². The molecular weight excluding hydrogens is 248 g/mol. The first kappa shape index (κ1) is 15.1. The Morgan fingerprint density at radius 3 is 2.22 bits per heavy atom. The fourth-order valence-corrected chi connectivity index (χ4v) is 2.17. The monoisotopic (exact) mass is 270 g/mol. The molecule has 0 saturated carbocycles. The van der Waals surface area contributed by atoms with Gasteiger partial charge in [0.05, 0.1) is 4.90 Å². The van der Waals surface area contributed by atoms with Crippen LogP contribution < -0.4 is 10.6 Å². The Balaban J connectivity index is 2.36. The molecular formula is C13H22N2O2S. The van der Waals surface area contributed by atoms with Crippen molar-refractivity contribution in [3.05, 3.63) is 29.8 Å². The summed E-state index contributed by atoms with van der Waals surface area (Å²) in [6.07, 6.45) is 1.22. The smallest absolute Gasteiger partial charge is 0.175 e. The molecule has 18 heavy (non-hydrogen) atoms. The van der Waals surface area contributed by atoms with Crippen LogP contribution in [0.3, 0.4) is 0 Å². The molecule has 0 unspecified atom stereocenters. The lowest BCUT2D eigenvalue weighted by molar-refractivity contribution is 0.555. The fraction of sp³-hybridized carbons (Fsp3) is 0.538. The van der Waals surface area contributed by atoms with E-state index in [0.717, 1.165) is 25.2 Å². The normalized spacial score (nSPS) is 12.0. The first-order valence-electron chi connectivity index (χ1n) is 6.12. The third-order valence-electron chi connectivity index (χ3n) is 2.53. The van der Waals surface area contributed by atoms with E-state index in [9.17, 15) is 8.42 Å². The minimum atomic E-state index is -3.09. The largest absolute Gasteiger partial charge is 0.313 e. The topological polar surface area (TPSA) is 58.2 Å². The van der Waals surface area contributed by atoms with Crippen LogP contribution in [0, 0.1) is 0 Å². The van der Waals surface area contributed by atoms with E-state index in [1.54, 1.807) is 12.1 Å². The molecule has 2 N–H and O–H groups in total. The summed E-state index contributed by atoms with van der Waals surface area (Å²) in [5, 5.41) is 6.62. The molecule has 0 spiro atoms. The van der Waals surface area contributed by atoms with E-state index in [1.807, 2.05) is 12.1 Å². The summed E-state index contributed by atoms with van der Waals surface area (Å²) in [5.74, 6) is 0. The molecule has 0 radical (unpaired) electrons. The van der Waals surface area contributed by atoms with Crippen molar-refractivity contribution < 1.29 is 8.42 Å². The number of nitrogens with one attached hydrogen (secondary N) is 2. The predicted molar refractivity (Wildman–Crippen MR) is 74.4 cm³/mol. The van der Waals surface area contributed by atoms with Crippen LogP contribution in [0.1, 0.15) is 19.4 Å². The van der Waals surface area contributed by atoms with Crippen LogP contribution in [0.25, 0.3) is 0 Å². The van der Waals surface area contributed by atoms with Crippen molar-refractivity contribution in [1.29, 1.82) is 0 Å².